The molecule has 1 fully saturated rings. The molecule has 2 heterocycles. The normalized spacial score (nSPS) is 17.8. The lowest BCUT2D eigenvalue weighted by molar-refractivity contribution is -0.152. The summed E-state index contributed by atoms with van der Waals surface area (Å²) in [7, 11) is -1.56. The molecule has 0 radical (unpaired) electrons. The molecule has 0 saturated carbocycles. The first-order valence-electron chi connectivity index (χ1n) is 9.03. The summed E-state index contributed by atoms with van der Waals surface area (Å²) in [5, 5.41) is 1.89. The molecular formula is C19H22N2O5S3. The summed E-state index contributed by atoms with van der Waals surface area (Å²) in [6.45, 7) is 1.47. The number of likely N-dealkylation sites (N-methyl/N-ethyl adjacent to an activating group) is 1. The molecule has 0 N–H and O–H groups in total. The molecule has 29 heavy (non-hydrogen) atoms. The van der Waals surface area contributed by atoms with Crippen molar-refractivity contribution in [3.63, 3.8) is 0 Å². The van der Waals surface area contributed by atoms with Crippen LogP contribution in [0.15, 0.2) is 29.6 Å². The molecule has 1 amide bonds. The largest absolute Gasteiger partial charge is 0.454 e. The van der Waals surface area contributed by atoms with Gasteiger partial charge < -0.3 is 14.2 Å². The maximum absolute atomic E-state index is 12.3. The number of aryl methyl sites for hydroxylation is 1. The Morgan fingerprint density at radius 1 is 1.31 bits per heavy atom. The van der Waals surface area contributed by atoms with Crippen LogP contribution in [0.25, 0.3) is 11.3 Å². The average molecular weight is 455 g/mol. The Hall–Kier alpha value is -2.04. The number of carbonyl (C=O) groups excluding carboxylic acids is 2. The van der Waals surface area contributed by atoms with Crippen LogP contribution in [0.1, 0.15) is 12.0 Å². The Balaban J connectivity index is 1.60. The van der Waals surface area contributed by atoms with Gasteiger partial charge in [-0.1, -0.05) is 29.8 Å². The van der Waals surface area contributed by atoms with Crippen LogP contribution in [-0.4, -0.2) is 61.0 Å². The van der Waals surface area contributed by atoms with Crippen molar-refractivity contribution < 1.29 is 22.7 Å². The van der Waals surface area contributed by atoms with Crippen molar-refractivity contribution in [2.45, 2.75) is 25.9 Å². The van der Waals surface area contributed by atoms with E-state index in [1.807, 2.05) is 36.6 Å². The van der Waals surface area contributed by atoms with E-state index >= 15 is 0 Å². The topological polar surface area (TPSA) is 85.7 Å². The molecule has 3 rings (SSSR count). The number of sulfone groups is 1. The zero-order chi connectivity index (χ0) is 21.2. The first kappa shape index (κ1) is 21.7. The Morgan fingerprint density at radius 3 is 2.62 bits per heavy atom. The van der Waals surface area contributed by atoms with Gasteiger partial charge in [0.15, 0.2) is 20.4 Å². The fourth-order valence-electron chi connectivity index (χ4n) is 3.13. The van der Waals surface area contributed by atoms with Gasteiger partial charge in [0.25, 0.3) is 5.91 Å². The zero-order valence-corrected chi connectivity index (χ0v) is 18.6. The van der Waals surface area contributed by atoms with E-state index in [9.17, 15) is 18.0 Å². The zero-order valence-electron chi connectivity index (χ0n) is 16.2. The van der Waals surface area contributed by atoms with Gasteiger partial charge >= 0.3 is 5.97 Å². The van der Waals surface area contributed by atoms with Crippen LogP contribution in [0, 0.1) is 10.9 Å². The minimum Gasteiger partial charge on any atom is -0.454 e. The molecular weight excluding hydrogens is 432 g/mol. The van der Waals surface area contributed by atoms with Crippen LogP contribution >= 0.6 is 23.6 Å². The molecule has 0 spiro atoms. The first-order valence-corrected chi connectivity index (χ1v) is 12.1. The second kappa shape index (κ2) is 8.76. The minimum atomic E-state index is -3.09. The number of benzene rings is 1. The summed E-state index contributed by atoms with van der Waals surface area (Å²) in [6, 6.07) is 7.52. The lowest BCUT2D eigenvalue weighted by Crippen LogP contribution is -2.40. The summed E-state index contributed by atoms with van der Waals surface area (Å²) >= 11 is 6.69. The summed E-state index contributed by atoms with van der Waals surface area (Å²) in [5.74, 6) is -0.970. The maximum Gasteiger partial charge on any atom is 0.326 e. The third-order valence-electron chi connectivity index (χ3n) is 4.92. The number of thiazole rings is 1. The number of aromatic nitrogens is 1. The van der Waals surface area contributed by atoms with Gasteiger partial charge in [-0.25, -0.2) is 8.42 Å². The van der Waals surface area contributed by atoms with Crippen molar-refractivity contribution in [3.05, 3.63) is 39.2 Å². The van der Waals surface area contributed by atoms with Gasteiger partial charge in [-0.15, -0.1) is 11.3 Å². The van der Waals surface area contributed by atoms with Gasteiger partial charge in [0.2, 0.25) is 0 Å². The smallest absolute Gasteiger partial charge is 0.326 e. The van der Waals surface area contributed by atoms with Crippen molar-refractivity contribution in [1.29, 1.82) is 0 Å². The Kier molecular flexibility index (Phi) is 6.55. The van der Waals surface area contributed by atoms with Gasteiger partial charge in [0, 0.05) is 18.5 Å². The van der Waals surface area contributed by atoms with Gasteiger partial charge in [-0.2, -0.15) is 0 Å². The number of nitrogens with zero attached hydrogens (tertiary/aromatic N) is 2. The van der Waals surface area contributed by atoms with E-state index in [1.54, 1.807) is 4.57 Å². The third-order valence-corrected chi connectivity index (χ3v) is 7.95. The van der Waals surface area contributed by atoms with Gasteiger partial charge in [0.05, 0.1) is 17.2 Å². The van der Waals surface area contributed by atoms with Crippen LogP contribution in [0.4, 0.5) is 0 Å². The van der Waals surface area contributed by atoms with Crippen molar-refractivity contribution in [2.24, 2.45) is 0 Å². The maximum atomic E-state index is 12.3. The average Bonchev–Trinajstić information content (AvgIpc) is 3.22. The number of hydrogen-bond acceptors (Lipinski definition) is 7. The van der Waals surface area contributed by atoms with Crippen molar-refractivity contribution >= 4 is 45.3 Å². The van der Waals surface area contributed by atoms with Crippen LogP contribution in [0.2, 0.25) is 0 Å². The van der Waals surface area contributed by atoms with Gasteiger partial charge in [-0.3, -0.25) is 9.59 Å². The quantitative estimate of drug-likeness (QED) is 0.492. The molecule has 156 valence electrons. The number of carbonyl (C=O) groups is 2. The second-order valence-electron chi connectivity index (χ2n) is 7.06. The van der Waals surface area contributed by atoms with E-state index in [-0.39, 0.29) is 24.1 Å². The molecule has 2 aromatic rings. The minimum absolute atomic E-state index is 0.0484. The molecule has 0 unspecified atom stereocenters. The monoisotopic (exact) mass is 454 g/mol. The van der Waals surface area contributed by atoms with Crippen LogP contribution in [0.3, 0.4) is 0 Å². The van der Waals surface area contributed by atoms with E-state index in [2.05, 4.69) is 0 Å². The highest BCUT2D eigenvalue weighted by molar-refractivity contribution is 7.91. The van der Waals surface area contributed by atoms with E-state index in [4.69, 9.17) is 17.0 Å². The molecule has 0 aliphatic carbocycles. The fourth-order valence-corrected chi connectivity index (χ4v) is 5.98. The van der Waals surface area contributed by atoms with Crippen molar-refractivity contribution in [1.82, 2.24) is 9.47 Å². The summed E-state index contributed by atoms with van der Waals surface area (Å²) in [6.07, 6.45) is 0.405. The predicted molar refractivity (Wildman–Crippen MR) is 114 cm³/mol. The van der Waals surface area contributed by atoms with Gasteiger partial charge in [-0.05, 0) is 31.1 Å². The molecule has 1 atom stereocenters. The predicted octanol–water partition coefficient (Wildman–Crippen LogP) is 2.44. The molecule has 1 aliphatic rings. The number of esters is 1. The van der Waals surface area contributed by atoms with E-state index in [0.717, 1.165) is 16.8 Å². The Labute approximate surface area is 178 Å². The van der Waals surface area contributed by atoms with Crippen LogP contribution in [-0.2, 0) is 30.7 Å². The molecule has 1 saturated heterocycles. The standard InChI is InChI=1S/C19H22N2O5S3/c1-13-3-5-14(6-4-13)16-11-28-19(27)21(16)9-18(23)26-10-17(22)20(2)15-7-8-29(24,25)12-15/h3-6,11,15H,7-10,12H2,1-2H3/t15-/m0/s1. The molecule has 7 nitrogen and oxygen atoms in total. The molecule has 1 aromatic heterocycles. The SMILES string of the molecule is Cc1ccc(-c2csc(=S)n2CC(=O)OCC(=O)N(C)[C@H]2CCS(=O)(=O)C2)cc1. The summed E-state index contributed by atoms with van der Waals surface area (Å²) < 4.78 is 30.5. The molecule has 1 aromatic carbocycles. The van der Waals surface area contributed by atoms with Crippen LogP contribution < -0.4 is 0 Å². The molecule has 10 heteroatoms. The fraction of sp³-hybridized carbons (Fsp3) is 0.421. The highest BCUT2D eigenvalue weighted by atomic mass is 32.2. The highest BCUT2D eigenvalue weighted by Crippen LogP contribution is 2.24. The highest BCUT2D eigenvalue weighted by Gasteiger charge is 2.32. The van der Waals surface area contributed by atoms with E-state index in [1.165, 1.54) is 23.3 Å². The lowest BCUT2D eigenvalue weighted by Gasteiger charge is -2.23. The van der Waals surface area contributed by atoms with Gasteiger partial charge in [0.1, 0.15) is 6.54 Å². The molecule has 1 aliphatic heterocycles. The van der Waals surface area contributed by atoms with Crippen molar-refractivity contribution in [2.75, 3.05) is 25.2 Å². The Bertz CT molecular complexity index is 1070. The Morgan fingerprint density at radius 2 is 2.00 bits per heavy atom. The second-order valence-corrected chi connectivity index (χ2v) is 10.8. The first-order chi connectivity index (χ1) is 13.7. The number of amides is 1. The number of hydrogen-bond donors (Lipinski definition) is 0. The molecule has 0 bridgehead atoms. The number of ether oxygens (including phenoxy) is 1. The van der Waals surface area contributed by atoms with E-state index < -0.39 is 28.3 Å². The van der Waals surface area contributed by atoms with Crippen LogP contribution in [0.5, 0.6) is 0 Å². The number of rotatable bonds is 6. The summed E-state index contributed by atoms with van der Waals surface area (Å²) in [5.41, 5.74) is 2.89. The van der Waals surface area contributed by atoms with E-state index in [0.29, 0.717) is 10.4 Å². The van der Waals surface area contributed by atoms with Crippen molar-refractivity contribution in [3.8, 4) is 11.3 Å². The lowest BCUT2D eigenvalue weighted by atomic mass is 10.1. The summed E-state index contributed by atoms with van der Waals surface area (Å²) in [4.78, 5) is 25.9. The third kappa shape index (κ3) is 5.31.